The van der Waals surface area contributed by atoms with Crippen molar-refractivity contribution < 1.29 is 18.8 Å². The molecule has 6 heteroatoms. The summed E-state index contributed by atoms with van der Waals surface area (Å²) in [7, 11) is -0.270. The number of carbonyl (C=O) groups is 1. The summed E-state index contributed by atoms with van der Waals surface area (Å²) in [6.07, 6.45) is 5.96. The van der Waals surface area contributed by atoms with Crippen LogP contribution in [0.25, 0.3) is 0 Å². The topological polar surface area (TPSA) is 48.0 Å². The molecule has 0 aromatic heterocycles. The first-order valence-corrected chi connectivity index (χ1v) is 11.0. The second-order valence-corrected chi connectivity index (χ2v) is 10.1. The molecule has 158 valence electrons. The minimum absolute atomic E-state index is 0.128. The largest absolute Gasteiger partial charge is 0.468 e. The lowest BCUT2D eigenvalue weighted by Gasteiger charge is -2.55. The average Bonchev–Trinajstić information content (AvgIpc) is 2.88. The first kappa shape index (κ1) is 20.7. The zero-order valence-electron chi connectivity index (χ0n) is 18.3. The molecule has 2 heterocycles. The van der Waals surface area contributed by atoms with E-state index in [0.29, 0.717) is 25.6 Å². The van der Waals surface area contributed by atoms with Crippen LogP contribution in [0, 0.1) is 5.92 Å². The molecule has 0 atom stereocenters. The van der Waals surface area contributed by atoms with Gasteiger partial charge in [0.2, 0.25) is 0 Å². The lowest BCUT2D eigenvalue weighted by atomic mass is 9.45. The summed E-state index contributed by atoms with van der Waals surface area (Å²) >= 11 is 0. The fourth-order valence-electron chi connectivity index (χ4n) is 4.96. The van der Waals surface area contributed by atoms with E-state index in [1.807, 2.05) is 35.2 Å². The molecular formula is C23H34BNO4. The molecule has 3 aliphatic rings. The summed E-state index contributed by atoms with van der Waals surface area (Å²) in [5, 5.41) is -0.128. The van der Waals surface area contributed by atoms with Crippen LogP contribution in [0.5, 0.6) is 0 Å². The number of ether oxygens (including phenoxy) is 1. The molecule has 1 aliphatic carbocycles. The summed E-state index contributed by atoms with van der Waals surface area (Å²) < 4.78 is 18.5. The van der Waals surface area contributed by atoms with E-state index < -0.39 is 0 Å². The van der Waals surface area contributed by atoms with Gasteiger partial charge in [-0.25, -0.2) is 4.79 Å². The van der Waals surface area contributed by atoms with Crippen LogP contribution in [-0.2, 0) is 20.7 Å². The highest BCUT2D eigenvalue weighted by Crippen LogP contribution is 2.57. The molecule has 29 heavy (non-hydrogen) atoms. The maximum Gasteiger partial charge on any atom is 0.468 e. The van der Waals surface area contributed by atoms with Gasteiger partial charge in [0.15, 0.2) is 0 Å². The first-order valence-electron chi connectivity index (χ1n) is 11.0. The summed E-state index contributed by atoms with van der Waals surface area (Å²) in [5.74, 6) is 0.532. The molecule has 0 N–H and O–H groups in total. The van der Waals surface area contributed by atoms with Crippen LogP contribution in [0.2, 0.25) is 5.31 Å². The predicted molar refractivity (Wildman–Crippen MR) is 114 cm³/mol. The van der Waals surface area contributed by atoms with Crippen molar-refractivity contribution in [1.29, 1.82) is 0 Å². The van der Waals surface area contributed by atoms with Crippen LogP contribution in [0.3, 0.4) is 0 Å². The highest BCUT2D eigenvalue weighted by molar-refractivity contribution is 6.50. The molecule has 5 nitrogen and oxygen atoms in total. The van der Waals surface area contributed by atoms with Crippen molar-refractivity contribution in [2.45, 2.75) is 82.9 Å². The van der Waals surface area contributed by atoms with Gasteiger partial charge < -0.3 is 18.9 Å². The number of hydrogen-bond acceptors (Lipinski definition) is 4. The number of amides is 1. The Kier molecular flexibility index (Phi) is 5.45. The SMILES string of the molecule is CC1(C)OB(C2(C3CCCCC3)CN(C(=O)OCc3ccccc3)C2)OC1(C)C. The molecule has 1 amide bonds. The van der Waals surface area contributed by atoms with Gasteiger partial charge in [0.25, 0.3) is 0 Å². The quantitative estimate of drug-likeness (QED) is 0.665. The minimum atomic E-state index is -0.354. The van der Waals surface area contributed by atoms with E-state index in [2.05, 4.69) is 27.7 Å². The van der Waals surface area contributed by atoms with E-state index in [-0.39, 0.29) is 29.7 Å². The molecule has 3 fully saturated rings. The van der Waals surface area contributed by atoms with Crippen molar-refractivity contribution in [2.75, 3.05) is 13.1 Å². The number of carbonyl (C=O) groups excluding carboxylic acids is 1. The third-order valence-electron chi connectivity index (χ3n) is 7.57. The fourth-order valence-corrected chi connectivity index (χ4v) is 4.96. The van der Waals surface area contributed by atoms with Gasteiger partial charge in [0.05, 0.1) is 11.2 Å². The molecule has 0 unspecified atom stereocenters. The van der Waals surface area contributed by atoms with Crippen molar-refractivity contribution in [3.05, 3.63) is 35.9 Å². The Morgan fingerprint density at radius 2 is 1.62 bits per heavy atom. The Hall–Kier alpha value is -1.53. The first-order chi connectivity index (χ1) is 13.7. The van der Waals surface area contributed by atoms with Crippen LogP contribution in [0.15, 0.2) is 30.3 Å². The van der Waals surface area contributed by atoms with Crippen LogP contribution in [0.1, 0.15) is 65.4 Å². The minimum Gasteiger partial charge on any atom is -0.445 e. The van der Waals surface area contributed by atoms with Crippen molar-refractivity contribution in [3.8, 4) is 0 Å². The van der Waals surface area contributed by atoms with E-state index >= 15 is 0 Å². The molecule has 0 bridgehead atoms. The Morgan fingerprint density at radius 1 is 1.03 bits per heavy atom. The van der Waals surface area contributed by atoms with Crippen LogP contribution >= 0.6 is 0 Å². The van der Waals surface area contributed by atoms with Gasteiger partial charge in [-0.05, 0) is 39.2 Å². The van der Waals surface area contributed by atoms with Gasteiger partial charge in [-0.3, -0.25) is 0 Å². The molecule has 4 rings (SSSR count). The van der Waals surface area contributed by atoms with Gasteiger partial charge in [-0.2, -0.15) is 0 Å². The standard InChI is InChI=1S/C23H34BNO4/c1-21(2)22(3,4)29-24(28-21)23(19-13-9-6-10-14-19)16-25(17-23)20(26)27-15-18-11-7-5-8-12-18/h5,7-8,11-12,19H,6,9-10,13-17H2,1-4H3. The lowest BCUT2D eigenvalue weighted by Crippen LogP contribution is -2.64. The summed E-state index contributed by atoms with van der Waals surface area (Å²) in [6.45, 7) is 10.0. The molecule has 1 saturated carbocycles. The van der Waals surface area contributed by atoms with Crippen molar-refractivity contribution in [1.82, 2.24) is 4.90 Å². The van der Waals surface area contributed by atoms with Gasteiger partial charge in [0, 0.05) is 18.4 Å². The third kappa shape index (κ3) is 3.82. The van der Waals surface area contributed by atoms with E-state index in [1.54, 1.807) is 0 Å². The highest BCUT2D eigenvalue weighted by atomic mass is 16.7. The zero-order valence-corrected chi connectivity index (χ0v) is 18.3. The number of nitrogens with zero attached hydrogens (tertiary/aromatic N) is 1. The average molecular weight is 399 g/mol. The molecule has 2 saturated heterocycles. The molecular weight excluding hydrogens is 365 g/mol. The number of hydrogen-bond donors (Lipinski definition) is 0. The lowest BCUT2D eigenvalue weighted by molar-refractivity contribution is 0.00578. The van der Waals surface area contributed by atoms with Crippen LogP contribution < -0.4 is 0 Å². The Balaban J connectivity index is 1.44. The predicted octanol–water partition coefficient (Wildman–Crippen LogP) is 5.05. The normalized spacial score (nSPS) is 25.5. The van der Waals surface area contributed by atoms with Gasteiger partial charge >= 0.3 is 13.2 Å². The van der Waals surface area contributed by atoms with Crippen molar-refractivity contribution >= 4 is 13.2 Å². The van der Waals surface area contributed by atoms with E-state index in [9.17, 15) is 4.79 Å². The molecule has 0 spiro atoms. The summed E-state index contributed by atoms with van der Waals surface area (Å²) in [4.78, 5) is 14.5. The van der Waals surface area contributed by atoms with E-state index in [1.165, 1.54) is 32.1 Å². The third-order valence-corrected chi connectivity index (χ3v) is 7.57. The van der Waals surface area contributed by atoms with Crippen LogP contribution in [-0.4, -0.2) is 42.4 Å². The number of rotatable bonds is 4. The maximum atomic E-state index is 12.7. The molecule has 1 aromatic rings. The summed E-state index contributed by atoms with van der Waals surface area (Å²) in [5.41, 5.74) is 0.298. The smallest absolute Gasteiger partial charge is 0.445 e. The molecule has 2 aliphatic heterocycles. The van der Waals surface area contributed by atoms with E-state index in [0.717, 1.165) is 5.56 Å². The Morgan fingerprint density at radius 3 is 2.21 bits per heavy atom. The number of likely N-dealkylation sites (tertiary alicyclic amines) is 1. The molecule has 0 radical (unpaired) electrons. The number of benzene rings is 1. The highest BCUT2D eigenvalue weighted by Gasteiger charge is 2.66. The zero-order chi connectivity index (χ0) is 20.7. The monoisotopic (exact) mass is 399 g/mol. The van der Waals surface area contributed by atoms with Gasteiger partial charge in [-0.15, -0.1) is 0 Å². The van der Waals surface area contributed by atoms with Crippen molar-refractivity contribution in [3.63, 3.8) is 0 Å². The van der Waals surface area contributed by atoms with Crippen molar-refractivity contribution in [2.24, 2.45) is 5.92 Å². The second kappa shape index (κ2) is 7.62. The Labute approximate surface area is 175 Å². The van der Waals surface area contributed by atoms with Crippen LogP contribution in [0.4, 0.5) is 4.79 Å². The molecule has 1 aromatic carbocycles. The van der Waals surface area contributed by atoms with E-state index in [4.69, 9.17) is 14.0 Å². The van der Waals surface area contributed by atoms with Gasteiger partial charge in [0.1, 0.15) is 6.61 Å². The van der Waals surface area contributed by atoms with Gasteiger partial charge in [-0.1, -0.05) is 62.4 Å². The summed E-state index contributed by atoms with van der Waals surface area (Å²) in [6, 6.07) is 9.82. The fraction of sp³-hybridized carbons (Fsp3) is 0.696. The Bertz CT molecular complexity index is 708. The second-order valence-electron chi connectivity index (χ2n) is 10.1. The maximum absolute atomic E-state index is 12.7.